The summed E-state index contributed by atoms with van der Waals surface area (Å²) in [7, 11) is 1.50. The van der Waals surface area contributed by atoms with E-state index in [-0.39, 0.29) is 16.9 Å². The van der Waals surface area contributed by atoms with Gasteiger partial charge < -0.3 is 15.4 Å². The van der Waals surface area contributed by atoms with E-state index in [2.05, 4.69) is 31.9 Å². The number of hydrogen-bond donors (Lipinski definition) is 3. The van der Waals surface area contributed by atoms with Crippen molar-refractivity contribution in [2.45, 2.75) is 19.8 Å². The molecule has 0 atom stereocenters. The van der Waals surface area contributed by atoms with Crippen LogP contribution in [-0.4, -0.2) is 24.0 Å². The van der Waals surface area contributed by atoms with Gasteiger partial charge in [-0.3, -0.25) is 14.9 Å². The Labute approximate surface area is 171 Å². The van der Waals surface area contributed by atoms with Gasteiger partial charge in [0, 0.05) is 22.3 Å². The number of carbonyl (C=O) groups excluding carboxylic acids is 2. The van der Waals surface area contributed by atoms with Crippen molar-refractivity contribution in [3.63, 3.8) is 0 Å². The third kappa shape index (κ3) is 6.33. The smallest absolute Gasteiger partial charge is 0.261 e. The van der Waals surface area contributed by atoms with E-state index < -0.39 is 0 Å². The van der Waals surface area contributed by atoms with Crippen molar-refractivity contribution in [1.82, 2.24) is 5.32 Å². The monoisotopic (exact) mass is 449 g/mol. The van der Waals surface area contributed by atoms with Crippen LogP contribution in [0.4, 0.5) is 11.4 Å². The second kappa shape index (κ2) is 10.0. The Balaban J connectivity index is 1.96. The summed E-state index contributed by atoms with van der Waals surface area (Å²) in [6, 6.07) is 12.2. The van der Waals surface area contributed by atoms with Gasteiger partial charge >= 0.3 is 0 Å². The van der Waals surface area contributed by atoms with Gasteiger partial charge in [0.15, 0.2) is 5.11 Å². The van der Waals surface area contributed by atoms with Crippen molar-refractivity contribution >= 4 is 56.4 Å². The summed E-state index contributed by atoms with van der Waals surface area (Å²) in [5.74, 6) is 0.0451. The molecule has 2 rings (SSSR count). The van der Waals surface area contributed by atoms with Crippen LogP contribution in [0.25, 0.3) is 0 Å². The normalized spacial score (nSPS) is 10.0. The van der Waals surface area contributed by atoms with Crippen LogP contribution in [0.3, 0.4) is 0 Å². The van der Waals surface area contributed by atoms with Gasteiger partial charge in [0.05, 0.1) is 12.7 Å². The quantitative estimate of drug-likeness (QED) is 0.572. The third-order valence-corrected chi connectivity index (χ3v) is 4.23. The van der Waals surface area contributed by atoms with Gasteiger partial charge in [0.25, 0.3) is 5.91 Å². The maximum Gasteiger partial charge on any atom is 0.261 e. The van der Waals surface area contributed by atoms with Crippen LogP contribution >= 0.6 is 28.1 Å². The van der Waals surface area contributed by atoms with Crippen molar-refractivity contribution < 1.29 is 14.3 Å². The van der Waals surface area contributed by atoms with Crippen molar-refractivity contribution in [3.8, 4) is 5.75 Å². The zero-order valence-corrected chi connectivity index (χ0v) is 17.4. The number of rotatable bonds is 6. The van der Waals surface area contributed by atoms with Crippen LogP contribution in [0.15, 0.2) is 46.9 Å². The van der Waals surface area contributed by atoms with Crippen LogP contribution in [0.2, 0.25) is 0 Å². The highest BCUT2D eigenvalue weighted by molar-refractivity contribution is 9.10. The van der Waals surface area contributed by atoms with Gasteiger partial charge in [-0.25, -0.2) is 0 Å². The van der Waals surface area contributed by atoms with E-state index >= 15 is 0 Å². The number of thiocarbonyl (C=S) groups is 1. The standard InChI is InChI=1S/C19H20BrN3O3S/c1-3-4-17(24)21-13-6-8-14(9-7-13)22-19(27)23-18(25)15-11-12(20)5-10-16(15)26-2/h5-11H,3-4H2,1-2H3,(H,21,24)(H2,22,23,25,27). The Kier molecular flexibility index (Phi) is 7.75. The molecule has 27 heavy (non-hydrogen) atoms. The molecule has 0 heterocycles. The number of ether oxygens (including phenoxy) is 1. The SMILES string of the molecule is CCCC(=O)Nc1ccc(NC(=S)NC(=O)c2cc(Br)ccc2OC)cc1. The number of methoxy groups -OCH3 is 1. The second-order valence-corrected chi connectivity index (χ2v) is 6.95. The van der Waals surface area contributed by atoms with Crippen LogP contribution in [0.1, 0.15) is 30.1 Å². The highest BCUT2D eigenvalue weighted by atomic mass is 79.9. The second-order valence-electron chi connectivity index (χ2n) is 5.63. The summed E-state index contributed by atoms with van der Waals surface area (Å²) < 4.78 is 5.96. The lowest BCUT2D eigenvalue weighted by atomic mass is 10.2. The van der Waals surface area contributed by atoms with Crippen molar-refractivity contribution in [2.75, 3.05) is 17.7 Å². The molecule has 0 unspecified atom stereocenters. The van der Waals surface area contributed by atoms with Gasteiger partial charge in [0.2, 0.25) is 5.91 Å². The Hall–Kier alpha value is -2.45. The lowest BCUT2D eigenvalue weighted by molar-refractivity contribution is -0.116. The highest BCUT2D eigenvalue weighted by Crippen LogP contribution is 2.23. The zero-order chi connectivity index (χ0) is 19.8. The Morgan fingerprint density at radius 3 is 2.30 bits per heavy atom. The third-order valence-electron chi connectivity index (χ3n) is 3.54. The van der Waals surface area contributed by atoms with Crippen LogP contribution in [0.5, 0.6) is 5.75 Å². The first-order chi connectivity index (χ1) is 12.9. The molecule has 0 aliphatic heterocycles. The average molecular weight is 450 g/mol. The molecule has 0 saturated heterocycles. The molecular formula is C19H20BrN3O3S. The van der Waals surface area contributed by atoms with Gasteiger partial charge in [-0.1, -0.05) is 22.9 Å². The first-order valence-electron chi connectivity index (χ1n) is 8.28. The summed E-state index contributed by atoms with van der Waals surface area (Å²) in [5.41, 5.74) is 1.76. The predicted molar refractivity (Wildman–Crippen MR) is 114 cm³/mol. The summed E-state index contributed by atoms with van der Waals surface area (Å²) >= 11 is 8.53. The molecule has 0 aliphatic rings. The maximum absolute atomic E-state index is 12.4. The molecule has 142 valence electrons. The summed E-state index contributed by atoms with van der Waals surface area (Å²) in [5, 5.41) is 8.52. The fourth-order valence-corrected chi connectivity index (χ4v) is 2.85. The number of amides is 2. The van der Waals surface area contributed by atoms with Gasteiger partial charge in [-0.05, 0) is 61.1 Å². The highest BCUT2D eigenvalue weighted by Gasteiger charge is 2.14. The zero-order valence-electron chi connectivity index (χ0n) is 15.0. The minimum Gasteiger partial charge on any atom is -0.496 e. The molecule has 0 aliphatic carbocycles. The average Bonchev–Trinajstić information content (AvgIpc) is 2.63. The van der Waals surface area contributed by atoms with E-state index in [1.807, 2.05) is 6.92 Å². The number of benzene rings is 2. The number of anilines is 2. The minimum atomic E-state index is -0.380. The largest absolute Gasteiger partial charge is 0.496 e. The molecule has 8 heteroatoms. The Morgan fingerprint density at radius 1 is 1.07 bits per heavy atom. The van der Waals surface area contributed by atoms with E-state index in [0.29, 0.717) is 29.1 Å². The Morgan fingerprint density at radius 2 is 1.70 bits per heavy atom. The summed E-state index contributed by atoms with van der Waals surface area (Å²) in [6.45, 7) is 1.95. The fraction of sp³-hybridized carbons (Fsp3) is 0.211. The number of halogens is 1. The predicted octanol–water partition coefficient (Wildman–Crippen LogP) is 4.32. The van der Waals surface area contributed by atoms with Crippen LogP contribution < -0.4 is 20.7 Å². The van der Waals surface area contributed by atoms with Crippen molar-refractivity contribution in [2.24, 2.45) is 0 Å². The number of carbonyl (C=O) groups is 2. The molecule has 2 aromatic carbocycles. The molecule has 0 bridgehead atoms. The lowest BCUT2D eigenvalue weighted by Gasteiger charge is -2.12. The molecule has 2 amide bonds. The Bertz CT molecular complexity index is 841. The number of nitrogens with one attached hydrogen (secondary N) is 3. The molecule has 2 aromatic rings. The summed E-state index contributed by atoms with van der Waals surface area (Å²) in [6.07, 6.45) is 1.28. The molecule has 6 nitrogen and oxygen atoms in total. The number of hydrogen-bond acceptors (Lipinski definition) is 4. The van der Waals surface area contributed by atoms with Gasteiger partial charge in [0.1, 0.15) is 5.75 Å². The first-order valence-corrected chi connectivity index (χ1v) is 9.49. The lowest BCUT2D eigenvalue weighted by Crippen LogP contribution is -2.34. The van der Waals surface area contributed by atoms with E-state index in [9.17, 15) is 9.59 Å². The molecule has 0 fully saturated rings. The van der Waals surface area contributed by atoms with Gasteiger partial charge in [-0.2, -0.15) is 0 Å². The van der Waals surface area contributed by atoms with E-state index in [1.165, 1.54) is 7.11 Å². The maximum atomic E-state index is 12.4. The van der Waals surface area contributed by atoms with Crippen LogP contribution in [-0.2, 0) is 4.79 Å². The first kappa shape index (κ1) is 20.9. The molecular weight excluding hydrogens is 430 g/mol. The molecule has 0 radical (unpaired) electrons. The van der Waals surface area contributed by atoms with E-state index in [4.69, 9.17) is 17.0 Å². The molecule has 0 saturated carbocycles. The molecule has 3 N–H and O–H groups in total. The van der Waals surface area contributed by atoms with Crippen molar-refractivity contribution in [3.05, 3.63) is 52.5 Å². The minimum absolute atomic E-state index is 0.0241. The van der Waals surface area contributed by atoms with E-state index in [1.54, 1.807) is 42.5 Å². The van der Waals surface area contributed by atoms with Gasteiger partial charge in [-0.15, -0.1) is 0 Å². The van der Waals surface area contributed by atoms with Crippen molar-refractivity contribution in [1.29, 1.82) is 0 Å². The molecule has 0 aromatic heterocycles. The molecule has 0 spiro atoms. The fourth-order valence-electron chi connectivity index (χ4n) is 2.28. The van der Waals surface area contributed by atoms with Crippen LogP contribution in [0, 0.1) is 0 Å². The summed E-state index contributed by atoms with van der Waals surface area (Å²) in [4.78, 5) is 24.0. The van der Waals surface area contributed by atoms with E-state index in [0.717, 1.165) is 10.9 Å². The topological polar surface area (TPSA) is 79.5 Å².